The number of hydrogen-bond donors (Lipinski definition) is 4. The first-order valence-corrected chi connectivity index (χ1v) is 8.59. The first-order valence-electron chi connectivity index (χ1n) is 8.59. The van der Waals surface area contributed by atoms with Gasteiger partial charge >= 0.3 is 12.1 Å². The molecule has 9 heteroatoms. The van der Waals surface area contributed by atoms with Gasteiger partial charge in [-0.05, 0) is 24.1 Å². The summed E-state index contributed by atoms with van der Waals surface area (Å²) in [6.07, 6.45) is -0.0290. The fourth-order valence-corrected chi connectivity index (χ4v) is 3.18. The molecule has 0 saturated carbocycles. The topological polar surface area (TPSA) is 112 Å². The van der Waals surface area contributed by atoms with Crippen molar-refractivity contribution >= 4 is 18.0 Å². The summed E-state index contributed by atoms with van der Waals surface area (Å²) in [6.45, 7) is 2.22. The van der Waals surface area contributed by atoms with Gasteiger partial charge in [-0.3, -0.25) is 9.69 Å². The maximum Gasteiger partial charge on any atom is 0.320 e. The van der Waals surface area contributed by atoms with Gasteiger partial charge in [-0.1, -0.05) is 19.1 Å². The lowest BCUT2D eigenvalue weighted by molar-refractivity contribution is -0.122. The molecule has 0 spiro atoms. The molecule has 0 radical (unpaired) electrons. The maximum atomic E-state index is 12.3. The van der Waals surface area contributed by atoms with E-state index in [4.69, 9.17) is 4.74 Å². The van der Waals surface area contributed by atoms with Crippen molar-refractivity contribution in [1.82, 2.24) is 26.2 Å². The normalized spacial score (nSPS) is 22.2. The number of amides is 5. The molecule has 2 aliphatic rings. The van der Waals surface area contributed by atoms with Crippen LogP contribution in [0, 0.1) is 0 Å². The predicted molar refractivity (Wildman–Crippen MR) is 93.3 cm³/mol. The Hall–Kier alpha value is -2.97. The number of ether oxygens (including phenoxy) is 1. The van der Waals surface area contributed by atoms with E-state index in [0.717, 1.165) is 17.7 Å². The van der Waals surface area contributed by atoms with Crippen LogP contribution in [-0.4, -0.2) is 48.9 Å². The molecule has 0 aliphatic carbocycles. The van der Waals surface area contributed by atoms with E-state index in [1.54, 1.807) is 7.11 Å². The van der Waals surface area contributed by atoms with Gasteiger partial charge in [0.2, 0.25) is 5.91 Å². The Bertz CT molecular complexity index is 693. The molecule has 3 atom stereocenters. The van der Waals surface area contributed by atoms with E-state index in [1.165, 1.54) is 4.90 Å². The molecule has 0 bridgehead atoms. The number of urea groups is 2. The number of fused-ring (bicyclic) bond motifs is 1. The number of nitrogens with one attached hydrogen (secondary N) is 4. The summed E-state index contributed by atoms with van der Waals surface area (Å²) in [5.41, 5.74) is 0.993. The molecule has 140 valence electrons. The summed E-state index contributed by atoms with van der Waals surface area (Å²) in [4.78, 5) is 37.1. The summed E-state index contributed by atoms with van der Waals surface area (Å²) in [5.74, 6) is 0.609. The van der Waals surface area contributed by atoms with E-state index in [1.807, 2.05) is 31.2 Å². The molecule has 2 aliphatic heterocycles. The molecular weight excluding hydrogens is 338 g/mol. The minimum absolute atomic E-state index is 0.110. The minimum atomic E-state index is -0.466. The number of rotatable bonds is 7. The van der Waals surface area contributed by atoms with Crippen molar-refractivity contribution in [1.29, 1.82) is 0 Å². The average molecular weight is 361 g/mol. The molecular formula is C17H23N5O4. The second kappa shape index (κ2) is 7.51. The van der Waals surface area contributed by atoms with Crippen molar-refractivity contribution in [3.05, 3.63) is 29.8 Å². The van der Waals surface area contributed by atoms with Crippen LogP contribution in [0.1, 0.15) is 31.4 Å². The fourth-order valence-electron chi connectivity index (χ4n) is 3.18. The number of benzene rings is 1. The van der Waals surface area contributed by atoms with E-state index < -0.39 is 12.3 Å². The quantitative estimate of drug-likeness (QED) is 0.571. The van der Waals surface area contributed by atoms with Gasteiger partial charge in [-0.15, -0.1) is 0 Å². The summed E-state index contributed by atoms with van der Waals surface area (Å²) >= 11 is 0. The van der Waals surface area contributed by atoms with Crippen LogP contribution in [0.2, 0.25) is 0 Å². The van der Waals surface area contributed by atoms with Gasteiger partial charge in [-0.2, -0.15) is 0 Å². The summed E-state index contributed by atoms with van der Waals surface area (Å²) in [6, 6.07) is 6.81. The molecule has 9 nitrogen and oxygen atoms in total. The SMILES string of the molecule is CC[C@H](NC(=O)CCN1C(=O)N[C@@H]2NC(=O)N[C@H]21)c1ccc(OC)cc1. The highest BCUT2D eigenvalue weighted by molar-refractivity contribution is 5.85. The van der Waals surface area contributed by atoms with Gasteiger partial charge < -0.3 is 26.0 Å². The maximum absolute atomic E-state index is 12.3. The summed E-state index contributed by atoms with van der Waals surface area (Å²) in [5, 5.41) is 10.9. The highest BCUT2D eigenvalue weighted by atomic mass is 16.5. The largest absolute Gasteiger partial charge is 0.497 e. The van der Waals surface area contributed by atoms with Gasteiger partial charge in [0.05, 0.1) is 13.2 Å². The second-order valence-corrected chi connectivity index (χ2v) is 6.23. The lowest BCUT2D eigenvalue weighted by Crippen LogP contribution is -2.45. The Morgan fingerprint density at radius 2 is 1.96 bits per heavy atom. The molecule has 1 aromatic carbocycles. The molecule has 5 amide bonds. The first kappa shape index (κ1) is 17.8. The van der Waals surface area contributed by atoms with E-state index in [0.29, 0.717) is 0 Å². The number of carbonyl (C=O) groups is 3. The van der Waals surface area contributed by atoms with Crippen LogP contribution in [0.5, 0.6) is 5.75 Å². The van der Waals surface area contributed by atoms with Crippen molar-refractivity contribution in [2.45, 2.75) is 38.1 Å². The minimum Gasteiger partial charge on any atom is -0.497 e. The third kappa shape index (κ3) is 3.66. The van der Waals surface area contributed by atoms with Crippen molar-refractivity contribution < 1.29 is 19.1 Å². The monoisotopic (exact) mass is 361 g/mol. The highest BCUT2D eigenvalue weighted by Crippen LogP contribution is 2.20. The molecule has 26 heavy (non-hydrogen) atoms. The van der Waals surface area contributed by atoms with E-state index >= 15 is 0 Å². The average Bonchev–Trinajstić information content (AvgIpc) is 3.12. The Balaban J connectivity index is 1.54. The molecule has 3 rings (SSSR count). The molecule has 2 fully saturated rings. The van der Waals surface area contributed by atoms with Gasteiger partial charge in [0.25, 0.3) is 0 Å². The Morgan fingerprint density at radius 1 is 1.23 bits per heavy atom. The first-order chi connectivity index (χ1) is 12.5. The van der Waals surface area contributed by atoms with Crippen LogP contribution in [-0.2, 0) is 4.79 Å². The van der Waals surface area contributed by atoms with Crippen LogP contribution in [0.15, 0.2) is 24.3 Å². The number of methoxy groups -OCH3 is 1. The van der Waals surface area contributed by atoms with Gasteiger partial charge in [0.1, 0.15) is 18.1 Å². The molecule has 1 aromatic rings. The van der Waals surface area contributed by atoms with Crippen LogP contribution < -0.4 is 26.0 Å². The molecule has 0 unspecified atom stereocenters. The highest BCUT2D eigenvalue weighted by Gasteiger charge is 2.45. The lowest BCUT2D eigenvalue weighted by atomic mass is 10.0. The summed E-state index contributed by atoms with van der Waals surface area (Å²) < 4.78 is 5.15. The van der Waals surface area contributed by atoms with E-state index in [2.05, 4.69) is 21.3 Å². The number of hydrogen-bond acceptors (Lipinski definition) is 4. The predicted octanol–water partition coefficient (Wildman–Crippen LogP) is 0.643. The Labute approximate surface area is 151 Å². The van der Waals surface area contributed by atoms with Gasteiger partial charge in [0.15, 0.2) is 0 Å². The zero-order valence-electron chi connectivity index (χ0n) is 14.7. The standard InChI is InChI=1S/C17H23N5O4/c1-3-12(10-4-6-11(26-2)7-5-10)18-13(23)8-9-22-15-14(20-17(22)25)19-16(24)21-15/h4-7,12,14-15H,3,8-9H2,1-2H3,(H,18,23)(H,20,25)(H2,19,21,24)/t12-,14-,15-/m0/s1. The van der Waals surface area contributed by atoms with Crippen LogP contribution in [0.3, 0.4) is 0 Å². The Kier molecular flexibility index (Phi) is 5.15. The zero-order chi connectivity index (χ0) is 18.7. The van der Waals surface area contributed by atoms with E-state index in [-0.39, 0.29) is 37.0 Å². The van der Waals surface area contributed by atoms with Gasteiger partial charge in [0, 0.05) is 13.0 Å². The summed E-state index contributed by atoms with van der Waals surface area (Å²) in [7, 11) is 1.61. The lowest BCUT2D eigenvalue weighted by Gasteiger charge is -2.22. The Morgan fingerprint density at radius 3 is 2.62 bits per heavy atom. The third-order valence-electron chi connectivity index (χ3n) is 4.60. The second-order valence-electron chi connectivity index (χ2n) is 6.23. The number of nitrogens with zero attached hydrogens (tertiary/aromatic N) is 1. The van der Waals surface area contributed by atoms with Crippen LogP contribution in [0.4, 0.5) is 9.59 Å². The fraction of sp³-hybridized carbons (Fsp3) is 0.471. The molecule has 0 aromatic heterocycles. The van der Waals surface area contributed by atoms with Crippen molar-refractivity contribution in [3.8, 4) is 5.75 Å². The molecule has 4 N–H and O–H groups in total. The van der Waals surface area contributed by atoms with E-state index in [9.17, 15) is 14.4 Å². The van der Waals surface area contributed by atoms with Crippen molar-refractivity contribution in [2.24, 2.45) is 0 Å². The van der Waals surface area contributed by atoms with Crippen LogP contribution in [0.25, 0.3) is 0 Å². The third-order valence-corrected chi connectivity index (χ3v) is 4.60. The molecule has 2 saturated heterocycles. The zero-order valence-corrected chi connectivity index (χ0v) is 14.7. The number of carbonyl (C=O) groups excluding carboxylic acids is 3. The van der Waals surface area contributed by atoms with Crippen molar-refractivity contribution in [3.63, 3.8) is 0 Å². The molecule has 2 heterocycles. The van der Waals surface area contributed by atoms with Gasteiger partial charge in [-0.25, -0.2) is 9.59 Å². The van der Waals surface area contributed by atoms with Crippen molar-refractivity contribution in [2.75, 3.05) is 13.7 Å². The smallest absolute Gasteiger partial charge is 0.320 e. The van der Waals surface area contributed by atoms with Crippen LogP contribution >= 0.6 is 0 Å².